The molecule has 0 unspecified atom stereocenters. The summed E-state index contributed by atoms with van der Waals surface area (Å²) in [6, 6.07) is 23.3. The predicted octanol–water partition coefficient (Wildman–Crippen LogP) is 6.21. The molecule has 4 nitrogen and oxygen atoms in total. The van der Waals surface area contributed by atoms with Gasteiger partial charge in [0.1, 0.15) is 11.6 Å². The van der Waals surface area contributed by atoms with Crippen LogP contribution in [0.5, 0.6) is 5.75 Å². The fourth-order valence-corrected chi connectivity index (χ4v) is 3.11. The third-order valence-electron chi connectivity index (χ3n) is 4.30. The number of nitrogens with one attached hydrogen (secondary N) is 1. The van der Waals surface area contributed by atoms with E-state index in [1.54, 1.807) is 7.11 Å². The van der Waals surface area contributed by atoms with Crippen molar-refractivity contribution in [2.24, 2.45) is 0 Å². The van der Waals surface area contributed by atoms with Crippen LogP contribution in [0, 0.1) is 0 Å². The van der Waals surface area contributed by atoms with Gasteiger partial charge in [0.25, 0.3) is 0 Å². The van der Waals surface area contributed by atoms with Gasteiger partial charge in [-0.25, -0.2) is 9.97 Å². The Morgan fingerprint density at radius 3 is 2.46 bits per heavy atom. The standard InChI is InChI=1S/C23H18ClN3O/c1-28-21-13-7-2-8-16(21)14-15-22-25-19-11-5-3-9-17(19)23(27-22)26-20-12-6-4-10-18(20)24/h2-15H,1H3,(H,25,26,27)/b15-14+. The van der Waals surface area contributed by atoms with Gasteiger partial charge in [-0.15, -0.1) is 0 Å². The highest BCUT2D eigenvalue weighted by molar-refractivity contribution is 6.33. The van der Waals surface area contributed by atoms with Gasteiger partial charge in [0.15, 0.2) is 5.82 Å². The SMILES string of the molecule is COc1ccccc1/C=C/c1nc(Nc2ccccc2Cl)c2ccccc2n1. The van der Waals surface area contributed by atoms with Crippen molar-refractivity contribution in [3.63, 3.8) is 0 Å². The lowest BCUT2D eigenvalue weighted by Gasteiger charge is -2.11. The topological polar surface area (TPSA) is 47.0 Å². The molecule has 1 heterocycles. The second-order valence-electron chi connectivity index (χ2n) is 6.13. The fourth-order valence-electron chi connectivity index (χ4n) is 2.92. The Bertz CT molecular complexity index is 1160. The summed E-state index contributed by atoms with van der Waals surface area (Å²) in [7, 11) is 1.66. The molecule has 0 radical (unpaired) electrons. The van der Waals surface area contributed by atoms with E-state index in [9.17, 15) is 0 Å². The lowest BCUT2D eigenvalue weighted by atomic mass is 10.2. The largest absolute Gasteiger partial charge is 0.496 e. The number of benzene rings is 3. The molecule has 0 spiro atoms. The molecule has 0 atom stereocenters. The van der Waals surface area contributed by atoms with Crippen LogP contribution in [0.15, 0.2) is 72.8 Å². The number of methoxy groups -OCH3 is 1. The van der Waals surface area contributed by atoms with Crippen LogP contribution in [0.25, 0.3) is 23.1 Å². The van der Waals surface area contributed by atoms with Gasteiger partial charge in [0, 0.05) is 10.9 Å². The first-order valence-corrected chi connectivity index (χ1v) is 9.22. The molecule has 0 saturated carbocycles. The number of ether oxygens (including phenoxy) is 1. The average molecular weight is 388 g/mol. The zero-order chi connectivity index (χ0) is 19.3. The summed E-state index contributed by atoms with van der Waals surface area (Å²) in [6.07, 6.45) is 3.82. The quantitative estimate of drug-likeness (QED) is 0.442. The van der Waals surface area contributed by atoms with E-state index in [4.69, 9.17) is 21.3 Å². The molecule has 0 fully saturated rings. The molecule has 0 aliphatic carbocycles. The molecule has 138 valence electrons. The molecule has 4 rings (SSSR count). The Kier molecular flexibility index (Phi) is 5.22. The number of halogens is 1. The van der Waals surface area contributed by atoms with Crippen LogP contribution in [0.1, 0.15) is 11.4 Å². The van der Waals surface area contributed by atoms with Gasteiger partial charge in [-0.3, -0.25) is 0 Å². The van der Waals surface area contributed by atoms with Gasteiger partial charge < -0.3 is 10.1 Å². The molecule has 5 heteroatoms. The third kappa shape index (κ3) is 3.82. The van der Waals surface area contributed by atoms with Crippen LogP contribution in [0.3, 0.4) is 0 Å². The zero-order valence-corrected chi connectivity index (χ0v) is 16.0. The van der Waals surface area contributed by atoms with Crippen molar-refractivity contribution in [1.29, 1.82) is 0 Å². The Labute approximate surface area is 168 Å². The van der Waals surface area contributed by atoms with Gasteiger partial charge >= 0.3 is 0 Å². The van der Waals surface area contributed by atoms with Gasteiger partial charge in [-0.2, -0.15) is 0 Å². The van der Waals surface area contributed by atoms with Crippen LogP contribution in [0.4, 0.5) is 11.5 Å². The second-order valence-corrected chi connectivity index (χ2v) is 6.53. The summed E-state index contributed by atoms with van der Waals surface area (Å²) in [6.45, 7) is 0. The number of rotatable bonds is 5. The number of anilines is 2. The maximum Gasteiger partial charge on any atom is 0.154 e. The van der Waals surface area contributed by atoms with Gasteiger partial charge in [-0.05, 0) is 42.5 Å². The monoisotopic (exact) mass is 387 g/mol. The number of hydrogen-bond donors (Lipinski definition) is 1. The van der Waals surface area contributed by atoms with Crippen molar-refractivity contribution in [1.82, 2.24) is 9.97 Å². The van der Waals surface area contributed by atoms with E-state index in [0.717, 1.165) is 27.9 Å². The summed E-state index contributed by atoms with van der Waals surface area (Å²) in [5.74, 6) is 2.10. The van der Waals surface area contributed by atoms with Crippen molar-refractivity contribution in [3.05, 3.63) is 89.2 Å². The van der Waals surface area contributed by atoms with Gasteiger partial charge in [0.2, 0.25) is 0 Å². The number of aromatic nitrogens is 2. The van der Waals surface area contributed by atoms with Crippen LogP contribution < -0.4 is 10.1 Å². The summed E-state index contributed by atoms with van der Waals surface area (Å²) < 4.78 is 5.40. The van der Waals surface area contributed by atoms with Crippen LogP contribution in [0.2, 0.25) is 5.02 Å². The summed E-state index contributed by atoms with van der Waals surface area (Å²) in [5, 5.41) is 4.90. The highest BCUT2D eigenvalue weighted by Crippen LogP contribution is 2.28. The third-order valence-corrected chi connectivity index (χ3v) is 4.63. The number of fused-ring (bicyclic) bond motifs is 1. The summed E-state index contributed by atoms with van der Waals surface area (Å²) in [4.78, 5) is 9.36. The summed E-state index contributed by atoms with van der Waals surface area (Å²) in [5.41, 5.74) is 2.61. The zero-order valence-electron chi connectivity index (χ0n) is 15.3. The van der Waals surface area contributed by atoms with E-state index >= 15 is 0 Å². The van der Waals surface area contributed by atoms with Gasteiger partial charge in [-0.1, -0.05) is 54.1 Å². The number of hydrogen-bond acceptors (Lipinski definition) is 4. The van der Waals surface area contributed by atoms with Crippen molar-refractivity contribution in [3.8, 4) is 5.75 Å². The minimum atomic E-state index is 0.596. The van der Waals surface area contributed by atoms with E-state index in [1.807, 2.05) is 84.9 Å². The van der Waals surface area contributed by atoms with E-state index in [2.05, 4.69) is 10.3 Å². The minimum Gasteiger partial charge on any atom is -0.496 e. The molecule has 0 saturated heterocycles. The van der Waals surface area contributed by atoms with E-state index in [1.165, 1.54) is 0 Å². The Morgan fingerprint density at radius 2 is 1.61 bits per heavy atom. The number of nitrogens with zero attached hydrogens (tertiary/aromatic N) is 2. The molecule has 4 aromatic rings. The predicted molar refractivity (Wildman–Crippen MR) is 116 cm³/mol. The molecular formula is C23H18ClN3O. The Balaban J connectivity index is 1.76. The molecule has 0 amide bonds. The first-order valence-electron chi connectivity index (χ1n) is 8.84. The fraction of sp³-hybridized carbons (Fsp3) is 0.0435. The van der Waals surface area contributed by atoms with Crippen LogP contribution in [-0.4, -0.2) is 17.1 Å². The first-order chi connectivity index (χ1) is 13.7. The van der Waals surface area contributed by atoms with Crippen molar-refractivity contribution >= 4 is 46.2 Å². The van der Waals surface area contributed by atoms with Gasteiger partial charge in [0.05, 0.1) is 23.3 Å². The molecule has 28 heavy (non-hydrogen) atoms. The maximum absolute atomic E-state index is 6.31. The normalized spacial score (nSPS) is 11.1. The van der Waals surface area contributed by atoms with Crippen molar-refractivity contribution in [2.75, 3.05) is 12.4 Å². The van der Waals surface area contributed by atoms with E-state index in [0.29, 0.717) is 16.7 Å². The Morgan fingerprint density at radius 1 is 0.857 bits per heavy atom. The second kappa shape index (κ2) is 8.11. The lowest BCUT2D eigenvalue weighted by molar-refractivity contribution is 0.414. The molecule has 1 aromatic heterocycles. The first kappa shape index (κ1) is 18.0. The Hall–Kier alpha value is -3.37. The van der Waals surface area contributed by atoms with E-state index in [-0.39, 0.29) is 0 Å². The maximum atomic E-state index is 6.31. The molecule has 0 aliphatic rings. The highest BCUT2D eigenvalue weighted by Gasteiger charge is 2.08. The minimum absolute atomic E-state index is 0.596. The van der Waals surface area contributed by atoms with Crippen LogP contribution >= 0.6 is 11.6 Å². The average Bonchev–Trinajstić information content (AvgIpc) is 2.74. The highest BCUT2D eigenvalue weighted by atomic mass is 35.5. The molecule has 0 aliphatic heterocycles. The van der Waals surface area contributed by atoms with Crippen LogP contribution in [-0.2, 0) is 0 Å². The van der Waals surface area contributed by atoms with E-state index < -0.39 is 0 Å². The summed E-state index contributed by atoms with van der Waals surface area (Å²) >= 11 is 6.31. The molecular weight excluding hydrogens is 370 g/mol. The lowest BCUT2D eigenvalue weighted by Crippen LogP contribution is -1.99. The smallest absolute Gasteiger partial charge is 0.154 e. The molecule has 3 aromatic carbocycles. The van der Waals surface area contributed by atoms with Crippen molar-refractivity contribution < 1.29 is 4.74 Å². The molecule has 1 N–H and O–H groups in total. The molecule has 0 bridgehead atoms. The number of para-hydroxylation sites is 3. The van der Waals surface area contributed by atoms with Crippen molar-refractivity contribution in [2.45, 2.75) is 0 Å².